The van der Waals surface area contributed by atoms with Crippen molar-refractivity contribution in [2.75, 3.05) is 13.2 Å². The molecule has 0 fully saturated rings. The first-order chi connectivity index (χ1) is 9.17. The van der Waals surface area contributed by atoms with Crippen LogP contribution in [0.15, 0.2) is 30.3 Å². The molecule has 0 heterocycles. The average molecular weight is 267 g/mol. The highest BCUT2D eigenvalue weighted by molar-refractivity contribution is 5.81. The molecule has 1 rings (SSSR count). The van der Waals surface area contributed by atoms with Crippen molar-refractivity contribution < 1.29 is 24.2 Å². The van der Waals surface area contributed by atoms with E-state index < -0.39 is 24.7 Å². The summed E-state index contributed by atoms with van der Waals surface area (Å²) in [4.78, 5) is 22.8. The highest BCUT2D eigenvalue weighted by atomic mass is 16.6. The van der Waals surface area contributed by atoms with Crippen LogP contribution in [0, 0.1) is 0 Å². The van der Waals surface area contributed by atoms with Gasteiger partial charge in [0.15, 0.2) is 6.04 Å². The van der Waals surface area contributed by atoms with Crippen LogP contribution in [0.5, 0.6) is 0 Å². The first-order valence-corrected chi connectivity index (χ1v) is 5.92. The molecular formula is C13H17NO5. The van der Waals surface area contributed by atoms with Gasteiger partial charge in [-0.25, -0.2) is 9.59 Å². The lowest BCUT2D eigenvalue weighted by atomic mass is 10.2. The first-order valence-electron chi connectivity index (χ1n) is 5.92. The van der Waals surface area contributed by atoms with Gasteiger partial charge in [-0.3, -0.25) is 0 Å². The Kier molecular flexibility index (Phi) is 6.38. The normalized spacial score (nSPS) is 11.5. The van der Waals surface area contributed by atoms with Crippen LogP contribution in [-0.2, 0) is 20.9 Å². The number of carbonyl (C=O) groups is 2. The van der Waals surface area contributed by atoms with Gasteiger partial charge in [0.2, 0.25) is 0 Å². The van der Waals surface area contributed by atoms with E-state index in [4.69, 9.17) is 9.84 Å². The molecule has 1 aromatic rings. The number of aliphatic hydroxyl groups is 1. The minimum absolute atomic E-state index is 0.0840. The zero-order valence-electron chi connectivity index (χ0n) is 10.7. The van der Waals surface area contributed by atoms with Gasteiger partial charge in [0.1, 0.15) is 6.61 Å². The van der Waals surface area contributed by atoms with Crippen LogP contribution in [0.3, 0.4) is 0 Å². The summed E-state index contributed by atoms with van der Waals surface area (Å²) in [7, 11) is 0. The Morgan fingerprint density at radius 1 is 1.26 bits per heavy atom. The Bertz CT molecular complexity index is 407. The minimum atomic E-state index is -1.12. The highest BCUT2D eigenvalue weighted by Gasteiger charge is 2.21. The van der Waals surface area contributed by atoms with Gasteiger partial charge in [-0.2, -0.15) is 0 Å². The Labute approximate surface area is 111 Å². The maximum Gasteiger partial charge on any atom is 0.407 e. The number of nitrogens with one attached hydrogen (secondary N) is 1. The summed E-state index contributed by atoms with van der Waals surface area (Å²) in [6, 6.07) is 7.99. The van der Waals surface area contributed by atoms with Crippen LogP contribution in [0.2, 0.25) is 0 Å². The van der Waals surface area contributed by atoms with Crippen LogP contribution < -0.4 is 5.32 Å². The van der Waals surface area contributed by atoms with E-state index in [9.17, 15) is 9.59 Å². The van der Waals surface area contributed by atoms with E-state index in [1.54, 1.807) is 19.1 Å². The Hall–Kier alpha value is -2.08. The number of ether oxygens (including phenoxy) is 2. The second-order valence-electron chi connectivity index (χ2n) is 3.69. The summed E-state index contributed by atoms with van der Waals surface area (Å²) in [5, 5.41) is 11.3. The quantitative estimate of drug-likeness (QED) is 0.746. The van der Waals surface area contributed by atoms with Crippen molar-refractivity contribution in [3.8, 4) is 0 Å². The topological polar surface area (TPSA) is 84.9 Å². The number of hydrogen-bond donors (Lipinski definition) is 2. The molecule has 0 radical (unpaired) electrons. The van der Waals surface area contributed by atoms with E-state index in [2.05, 4.69) is 10.1 Å². The molecular weight excluding hydrogens is 250 g/mol. The molecule has 1 amide bonds. The number of hydrogen-bond acceptors (Lipinski definition) is 5. The monoisotopic (exact) mass is 267 g/mol. The molecule has 6 heteroatoms. The maximum absolute atomic E-state index is 11.6. The van der Waals surface area contributed by atoms with E-state index in [1.807, 2.05) is 18.2 Å². The molecule has 0 aliphatic heterocycles. The predicted octanol–water partition coefficient (Wildman–Crippen LogP) is 0.837. The van der Waals surface area contributed by atoms with Gasteiger partial charge in [-0.15, -0.1) is 0 Å². The van der Waals surface area contributed by atoms with Gasteiger partial charge >= 0.3 is 12.1 Å². The highest BCUT2D eigenvalue weighted by Crippen LogP contribution is 2.02. The SMILES string of the molecule is CCOC(=O)NC(CO)C(=O)OCc1ccccc1. The summed E-state index contributed by atoms with van der Waals surface area (Å²) >= 11 is 0. The van der Waals surface area contributed by atoms with Gasteiger partial charge in [-0.05, 0) is 12.5 Å². The lowest BCUT2D eigenvalue weighted by Crippen LogP contribution is -2.44. The van der Waals surface area contributed by atoms with E-state index in [0.29, 0.717) is 0 Å². The molecule has 0 aromatic heterocycles. The largest absolute Gasteiger partial charge is 0.459 e. The molecule has 0 spiro atoms. The fourth-order valence-electron chi connectivity index (χ4n) is 1.32. The summed E-state index contributed by atoms with van der Waals surface area (Å²) in [5.41, 5.74) is 0.823. The first kappa shape index (κ1) is 15.0. The molecule has 19 heavy (non-hydrogen) atoms. The Morgan fingerprint density at radius 3 is 2.53 bits per heavy atom. The van der Waals surface area contributed by atoms with Crippen molar-refractivity contribution in [3.63, 3.8) is 0 Å². The molecule has 0 bridgehead atoms. The number of amides is 1. The van der Waals surface area contributed by atoms with E-state index in [0.717, 1.165) is 5.56 Å². The number of esters is 1. The van der Waals surface area contributed by atoms with Gasteiger partial charge in [0.05, 0.1) is 13.2 Å². The van der Waals surface area contributed by atoms with Crippen LogP contribution in [-0.4, -0.2) is 36.4 Å². The zero-order chi connectivity index (χ0) is 14.1. The lowest BCUT2D eigenvalue weighted by Gasteiger charge is -2.15. The third-order valence-corrected chi connectivity index (χ3v) is 2.26. The molecule has 1 atom stereocenters. The third kappa shape index (κ3) is 5.39. The predicted molar refractivity (Wildman–Crippen MR) is 67.3 cm³/mol. The maximum atomic E-state index is 11.6. The molecule has 0 saturated carbocycles. The van der Waals surface area contributed by atoms with Crippen LogP contribution in [0.1, 0.15) is 12.5 Å². The summed E-state index contributed by atoms with van der Waals surface area (Å²) in [6.45, 7) is 1.36. The zero-order valence-corrected chi connectivity index (χ0v) is 10.7. The number of rotatable bonds is 6. The second kappa shape index (κ2) is 8.10. The number of benzene rings is 1. The number of carbonyl (C=O) groups excluding carboxylic acids is 2. The molecule has 104 valence electrons. The molecule has 1 aromatic carbocycles. The standard InChI is InChI=1S/C13H17NO5/c1-2-18-13(17)14-11(8-15)12(16)19-9-10-6-4-3-5-7-10/h3-7,11,15H,2,8-9H2,1H3,(H,14,17). The third-order valence-electron chi connectivity index (χ3n) is 2.26. The van der Waals surface area contributed by atoms with Crippen molar-refractivity contribution in [1.29, 1.82) is 0 Å². The Morgan fingerprint density at radius 2 is 1.95 bits per heavy atom. The van der Waals surface area contributed by atoms with Crippen LogP contribution in [0.4, 0.5) is 4.79 Å². The van der Waals surface area contributed by atoms with Gasteiger partial charge in [0, 0.05) is 0 Å². The molecule has 6 nitrogen and oxygen atoms in total. The molecule has 0 aliphatic rings. The number of aliphatic hydroxyl groups excluding tert-OH is 1. The van der Waals surface area contributed by atoms with E-state index >= 15 is 0 Å². The van der Waals surface area contributed by atoms with E-state index in [-0.39, 0.29) is 13.2 Å². The average Bonchev–Trinajstić information content (AvgIpc) is 2.43. The second-order valence-corrected chi connectivity index (χ2v) is 3.69. The summed E-state index contributed by atoms with van der Waals surface area (Å²) in [5.74, 6) is -0.709. The van der Waals surface area contributed by atoms with Gasteiger partial charge in [0.25, 0.3) is 0 Å². The molecule has 0 aliphatic carbocycles. The molecule has 0 saturated heterocycles. The lowest BCUT2D eigenvalue weighted by molar-refractivity contribution is -0.148. The van der Waals surface area contributed by atoms with Gasteiger partial charge < -0.3 is 19.9 Å². The fourth-order valence-corrected chi connectivity index (χ4v) is 1.32. The summed E-state index contributed by atoms with van der Waals surface area (Å²) < 4.78 is 9.61. The smallest absolute Gasteiger partial charge is 0.407 e. The van der Waals surface area contributed by atoms with Crippen molar-refractivity contribution in [1.82, 2.24) is 5.32 Å². The fraction of sp³-hybridized carbons (Fsp3) is 0.385. The molecule has 2 N–H and O–H groups in total. The van der Waals surface area contributed by atoms with E-state index in [1.165, 1.54) is 0 Å². The van der Waals surface area contributed by atoms with Crippen molar-refractivity contribution >= 4 is 12.1 Å². The summed E-state index contributed by atoms with van der Waals surface area (Å²) in [6.07, 6.45) is -0.766. The van der Waals surface area contributed by atoms with Gasteiger partial charge in [-0.1, -0.05) is 30.3 Å². The van der Waals surface area contributed by atoms with Crippen molar-refractivity contribution in [2.24, 2.45) is 0 Å². The van der Waals surface area contributed by atoms with Crippen molar-refractivity contribution in [2.45, 2.75) is 19.6 Å². The van der Waals surface area contributed by atoms with Crippen LogP contribution >= 0.6 is 0 Å². The van der Waals surface area contributed by atoms with Crippen molar-refractivity contribution in [3.05, 3.63) is 35.9 Å². The minimum Gasteiger partial charge on any atom is -0.459 e. The Balaban J connectivity index is 2.43. The number of alkyl carbamates (subject to hydrolysis) is 1. The van der Waals surface area contributed by atoms with Crippen LogP contribution in [0.25, 0.3) is 0 Å². The molecule has 1 unspecified atom stereocenters.